The van der Waals surface area contributed by atoms with E-state index in [1.165, 1.54) is 0 Å². The first-order valence-electron chi connectivity index (χ1n) is 5.37. The summed E-state index contributed by atoms with van der Waals surface area (Å²) in [5, 5.41) is 3.03. The normalized spacial score (nSPS) is 10.4. The molecule has 3 heteroatoms. The molecule has 1 aromatic carbocycles. The van der Waals surface area contributed by atoms with Crippen molar-refractivity contribution in [2.45, 2.75) is 20.8 Å². The summed E-state index contributed by atoms with van der Waals surface area (Å²) in [4.78, 5) is 0. The Labute approximate surface area is 96.6 Å². The van der Waals surface area contributed by atoms with Gasteiger partial charge in [0, 0.05) is 5.02 Å². The zero-order valence-electron chi connectivity index (χ0n) is 9.64. The fraction of sp³-hybridized carbons (Fsp3) is 0.500. The lowest BCUT2D eigenvalue weighted by molar-refractivity contribution is -0.652. The highest BCUT2D eigenvalue weighted by Gasteiger charge is 2.05. The number of quaternary nitrogens is 1. The van der Waals surface area contributed by atoms with Gasteiger partial charge in [-0.15, -0.1) is 0 Å². The van der Waals surface area contributed by atoms with Crippen LogP contribution in [0.15, 0.2) is 12.1 Å². The highest BCUT2D eigenvalue weighted by molar-refractivity contribution is 6.31. The van der Waals surface area contributed by atoms with E-state index in [-0.39, 0.29) is 0 Å². The third-order valence-electron chi connectivity index (χ3n) is 2.54. The van der Waals surface area contributed by atoms with E-state index in [4.69, 9.17) is 16.3 Å². The Balaban J connectivity index is 2.58. The fourth-order valence-corrected chi connectivity index (χ4v) is 1.58. The summed E-state index contributed by atoms with van der Waals surface area (Å²) in [6.45, 7) is 9.04. The first-order chi connectivity index (χ1) is 7.16. The summed E-state index contributed by atoms with van der Waals surface area (Å²) < 4.78 is 5.68. The molecule has 2 nitrogen and oxygen atoms in total. The van der Waals surface area contributed by atoms with Crippen LogP contribution in [0.4, 0.5) is 0 Å². The quantitative estimate of drug-likeness (QED) is 0.766. The highest BCUT2D eigenvalue weighted by atomic mass is 35.5. The maximum absolute atomic E-state index is 6.01. The molecule has 0 aliphatic rings. The molecule has 15 heavy (non-hydrogen) atoms. The molecule has 0 heterocycles. The SMILES string of the molecule is CC[NH2+]CCOc1ccc(Cl)c(C)c1C. The third-order valence-corrected chi connectivity index (χ3v) is 2.95. The van der Waals surface area contributed by atoms with E-state index in [0.29, 0.717) is 0 Å². The van der Waals surface area contributed by atoms with Crippen molar-refractivity contribution in [2.75, 3.05) is 19.7 Å². The average molecular weight is 229 g/mol. The fourth-order valence-electron chi connectivity index (χ4n) is 1.38. The van der Waals surface area contributed by atoms with Crippen LogP contribution in [0.25, 0.3) is 0 Å². The van der Waals surface area contributed by atoms with Crippen molar-refractivity contribution in [3.8, 4) is 5.75 Å². The van der Waals surface area contributed by atoms with Gasteiger partial charge in [0.1, 0.15) is 18.9 Å². The van der Waals surface area contributed by atoms with Crippen LogP contribution in [-0.2, 0) is 0 Å². The summed E-state index contributed by atoms with van der Waals surface area (Å²) >= 11 is 6.01. The van der Waals surface area contributed by atoms with Crippen molar-refractivity contribution in [1.82, 2.24) is 0 Å². The number of likely N-dealkylation sites (N-methyl/N-ethyl adjacent to an activating group) is 1. The van der Waals surface area contributed by atoms with Crippen LogP contribution in [0.3, 0.4) is 0 Å². The van der Waals surface area contributed by atoms with Gasteiger partial charge in [0.05, 0.1) is 6.54 Å². The smallest absolute Gasteiger partial charge is 0.137 e. The minimum absolute atomic E-state index is 0.746. The van der Waals surface area contributed by atoms with Gasteiger partial charge in [-0.3, -0.25) is 0 Å². The minimum Gasteiger partial charge on any atom is -0.487 e. The van der Waals surface area contributed by atoms with E-state index in [1.54, 1.807) is 0 Å². The van der Waals surface area contributed by atoms with Gasteiger partial charge in [-0.1, -0.05) is 11.6 Å². The van der Waals surface area contributed by atoms with Gasteiger partial charge in [-0.2, -0.15) is 0 Å². The molecule has 0 unspecified atom stereocenters. The number of ether oxygens (including phenoxy) is 1. The zero-order chi connectivity index (χ0) is 11.3. The Morgan fingerprint density at radius 3 is 2.67 bits per heavy atom. The lowest BCUT2D eigenvalue weighted by atomic mass is 10.1. The Hall–Kier alpha value is -0.730. The van der Waals surface area contributed by atoms with Gasteiger partial charge in [-0.05, 0) is 44.0 Å². The minimum atomic E-state index is 0.746. The molecule has 0 saturated carbocycles. The molecule has 0 saturated heterocycles. The highest BCUT2D eigenvalue weighted by Crippen LogP contribution is 2.26. The summed E-state index contributed by atoms with van der Waals surface area (Å²) in [6.07, 6.45) is 0. The standard InChI is InChI=1S/C12H18ClNO/c1-4-14-7-8-15-12-6-5-11(13)9(2)10(12)3/h5-6,14H,4,7-8H2,1-3H3/p+1. The Kier molecular flexibility index (Phi) is 4.92. The molecule has 0 fully saturated rings. The number of benzene rings is 1. The van der Waals surface area contributed by atoms with E-state index in [1.807, 2.05) is 26.0 Å². The van der Waals surface area contributed by atoms with E-state index in [2.05, 4.69) is 12.2 Å². The lowest BCUT2D eigenvalue weighted by Gasteiger charge is -2.11. The van der Waals surface area contributed by atoms with Crippen LogP contribution < -0.4 is 10.1 Å². The number of hydrogen-bond acceptors (Lipinski definition) is 1. The molecule has 0 aliphatic heterocycles. The Morgan fingerprint density at radius 2 is 2.00 bits per heavy atom. The van der Waals surface area contributed by atoms with E-state index in [9.17, 15) is 0 Å². The van der Waals surface area contributed by atoms with Crippen LogP contribution in [0.2, 0.25) is 5.02 Å². The second-order valence-corrected chi connectivity index (χ2v) is 4.04. The van der Waals surface area contributed by atoms with Gasteiger partial charge in [0.2, 0.25) is 0 Å². The first-order valence-corrected chi connectivity index (χ1v) is 5.74. The molecule has 84 valence electrons. The van der Waals surface area contributed by atoms with Gasteiger partial charge >= 0.3 is 0 Å². The summed E-state index contributed by atoms with van der Waals surface area (Å²) in [6, 6.07) is 3.83. The molecule has 0 bridgehead atoms. The van der Waals surface area contributed by atoms with Crippen LogP contribution in [0.5, 0.6) is 5.75 Å². The van der Waals surface area contributed by atoms with Crippen LogP contribution in [0.1, 0.15) is 18.1 Å². The number of halogens is 1. The average Bonchev–Trinajstić information content (AvgIpc) is 2.24. The maximum atomic E-state index is 6.01. The lowest BCUT2D eigenvalue weighted by Crippen LogP contribution is -2.84. The van der Waals surface area contributed by atoms with Crippen molar-refractivity contribution in [2.24, 2.45) is 0 Å². The van der Waals surface area contributed by atoms with Crippen LogP contribution >= 0.6 is 11.6 Å². The van der Waals surface area contributed by atoms with Crippen molar-refractivity contribution >= 4 is 11.6 Å². The number of rotatable bonds is 5. The number of hydrogen-bond donors (Lipinski definition) is 1. The molecular weight excluding hydrogens is 210 g/mol. The van der Waals surface area contributed by atoms with Crippen LogP contribution in [0, 0.1) is 13.8 Å². The van der Waals surface area contributed by atoms with Crippen LogP contribution in [-0.4, -0.2) is 19.7 Å². The van der Waals surface area contributed by atoms with Gasteiger partial charge < -0.3 is 10.1 Å². The Bertz CT molecular complexity index is 326. The Morgan fingerprint density at radius 1 is 1.27 bits per heavy atom. The monoisotopic (exact) mass is 228 g/mol. The van der Waals surface area contributed by atoms with E-state index < -0.39 is 0 Å². The second kappa shape index (κ2) is 5.99. The van der Waals surface area contributed by atoms with Crippen molar-refractivity contribution in [3.63, 3.8) is 0 Å². The predicted molar refractivity (Wildman–Crippen MR) is 63.8 cm³/mol. The largest absolute Gasteiger partial charge is 0.487 e. The van der Waals surface area contributed by atoms with E-state index in [0.717, 1.165) is 41.6 Å². The zero-order valence-corrected chi connectivity index (χ0v) is 10.4. The molecule has 0 atom stereocenters. The van der Waals surface area contributed by atoms with Crippen molar-refractivity contribution < 1.29 is 10.1 Å². The predicted octanol–water partition coefficient (Wildman–Crippen LogP) is 1.92. The molecule has 1 aromatic rings. The molecular formula is C12H19ClNO+. The molecule has 0 amide bonds. The molecule has 0 radical (unpaired) electrons. The maximum Gasteiger partial charge on any atom is 0.137 e. The number of nitrogens with two attached hydrogens (primary N) is 1. The topological polar surface area (TPSA) is 25.8 Å². The van der Waals surface area contributed by atoms with Gasteiger partial charge in [0.15, 0.2) is 0 Å². The second-order valence-electron chi connectivity index (χ2n) is 3.63. The molecule has 0 spiro atoms. The van der Waals surface area contributed by atoms with Gasteiger partial charge in [0.25, 0.3) is 0 Å². The summed E-state index contributed by atoms with van der Waals surface area (Å²) in [5.41, 5.74) is 2.24. The van der Waals surface area contributed by atoms with Gasteiger partial charge in [-0.25, -0.2) is 0 Å². The summed E-state index contributed by atoms with van der Waals surface area (Å²) in [7, 11) is 0. The van der Waals surface area contributed by atoms with Crippen molar-refractivity contribution in [3.05, 3.63) is 28.3 Å². The first kappa shape index (κ1) is 12.3. The third kappa shape index (κ3) is 3.40. The summed E-state index contributed by atoms with van der Waals surface area (Å²) in [5.74, 6) is 0.946. The van der Waals surface area contributed by atoms with E-state index >= 15 is 0 Å². The molecule has 1 rings (SSSR count). The molecule has 2 N–H and O–H groups in total. The molecule has 0 aromatic heterocycles. The van der Waals surface area contributed by atoms with Crippen molar-refractivity contribution in [1.29, 1.82) is 0 Å². The molecule has 0 aliphatic carbocycles.